The van der Waals surface area contributed by atoms with Gasteiger partial charge in [0.25, 0.3) is 5.91 Å². The Hall–Kier alpha value is -1.52. The first-order chi connectivity index (χ1) is 13.5. The van der Waals surface area contributed by atoms with Crippen LogP contribution in [-0.4, -0.2) is 86.1 Å². The first kappa shape index (κ1) is 22.2. The number of carbonyl (C=O) groups excluding carboxylic acids is 2. The first-order valence-corrected chi connectivity index (χ1v) is 12.3. The van der Waals surface area contributed by atoms with Crippen molar-refractivity contribution in [2.24, 2.45) is 11.7 Å². The molecule has 4 N–H and O–H groups in total. The third kappa shape index (κ3) is 5.35. The average molecular weight is 456 g/mol. The maximum absolute atomic E-state index is 12.4. The molecule has 13 nitrogen and oxygen atoms in total. The third-order valence-electron chi connectivity index (χ3n) is 5.45. The van der Waals surface area contributed by atoms with Crippen molar-refractivity contribution in [2.75, 3.05) is 24.7 Å². The van der Waals surface area contributed by atoms with Crippen LogP contribution < -0.4 is 11.2 Å². The minimum Gasteiger partial charge on any atom is -0.325 e. The Balaban J connectivity index is 1.47. The molecule has 3 heterocycles. The zero-order valence-corrected chi connectivity index (χ0v) is 17.1. The van der Waals surface area contributed by atoms with Crippen molar-refractivity contribution >= 4 is 32.2 Å². The van der Waals surface area contributed by atoms with Gasteiger partial charge >= 0.3 is 16.4 Å². The lowest BCUT2D eigenvalue weighted by Gasteiger charge is -2.30. The normalized spacial score (nSPS) is 28.4. The number of hydrogen-bond donors (Lipinski definition) is 3. The van der Waals surface area contributed by atoms with Gasteiger partial charge in [0.15, 0.2) is 0 Å². The predicted molar refractivity (Wildman–Crippen MR) is 96.8 cm³/mol. The maximum atomic E-state index is 12.4. The summed E-state index contributed by atoms with van der Waals surface area (Å²) in [6, 6.07) is -2.77. The highest BCUT2D eigenvalue weighted by Gasteiger charge is 2.49. The zero-order chi connectivity index (χ0) is 21.4. The van der Waals surface area contributed by atoms with Crippen molar-refractivity contribution in [3.63, 3.8) is 0 Å². The molecular weight excluding hydrogens is 432 g/mol. The number of nitrogens with zero attached hydrogens (tertiary/aromatic N) is 2. The number of urea groups is 1. The minimum absolute atomic E-state index is 0.0161. The molecule has 0 aromatic carbocycles. The highest BCUT2D eigenvalue weighted by atomic mass is 32.3. The van der Waals surface area contributed by atoms with Crippen LogP contribution in [0.15, 0.2) is 0 Å². The molecule has 166 valence electrons. The van der Waals surface area contributed by atoms with E-state index in [9.17, 15) is 26.4 Å². The lowest BCUT2D eigenvalue weighted by molar-refractivity contribution is -0.139. The zero-order valence-electron chi connectivity index (χ0n) is 15.5. The van der Waals surface area contributed by atoms with Gasteiger partial charge in [-0.05, 0) is 31.6 Å². The van der Waals surface area contributed by atoms with Crippen molar-refractivity contribution in [1.29, 1.82) is 0 Å². The Kier molecular flexibility index (Phi) is 6.35. The van der Waals surface area contributed by atoms with Crippen LogP contribution >= 0.6 is 0 Å². The fourth-order valence-electron chi connectivity index (χ4n) is 3.85. The molecule has 0 radical (unpaired) electrons. The van der Waals surface area contributed by atoms with E-state index >= 15 is 0 Å². The molecule has 0 aromatic heterocycles. The van der Waals surface area contributed by atoms with Gasteiger partial charge in [0.05, 0.1) is 24.2 Å². The minimum atomic E-state index is -4.86. The van der Waals surface area contributed by atoms with Crippen molar-refractivity contribution < 1.29 is 40.1 Å². The summed E-state index contributed by atoms with van der Waals surface area (Å²) in [4.78, 5) is 31.0. The van der Waals surface area contributed by atoms with Crippen LogP contribution in [0.25, 0.3) is 0 Å². The van der Waals surface area contributed by atoms with Gasteiger partial charge in [-0.15, -0.1) is 4.28 Å². The van der Waals surface area contributed by atoms with E-state index in [1.54, 1.807) is 0 Å². The number of amides is 3. The van der Waals surface area contributed by atoms with Gasteiger partial charge in [0.1, 0.15) is 15.9 Å². The summed E-state index contributed by atoms with van der Waals surface area (Å²) in [6.45, 7) is 0.0558. The molecule has 29 heavy (non-hydrogen) atoms. The van der Waals surface area contributed by atoms with Gasteiger partial charge in [0.2, 0.25) is 0 Å². The van der Waals surface area contributed by atoms with E-state index in [0.717, 1.165) is 4.90 Å². The van der Waals surface area contributed by atoms with Crippen LogP contribution in [-0.2, 0) is 34.2 Å². The maximum Gasteiger partial charge on any atom is 0.418 e. The van der Waals surface area contributed by atoms with E-state index in [-0.39, 0.29) is 37.0 Å². The molecule has 1 unspecified atom stereocenters. The molecule has 15 heteroatoms. The number of piperidine rings is 1. The molecule has 3 aliphatic rings. The van der Waals surface area contributed by atoms with E-state index in [1.807, 2.05) is 0 Å². The van der Waals surface area contributed by atoms with Crippen molar-refractivity contribution in [3.05, 3.63) is 0 Å². The highest BCUT2D eigenvalue weighted by molar-refractivity contribution is 7.91. The SMILES string of the molecule is NC(CONC(=O)[C@@H]1CC[C@@H]2CN1C(=O)N2OS(=O)(=O)O)C1CCS(=O)(=O)CC1. The van der Waals surface area contributed by atoms with E-state index < -0.39 is 50.3 Å². The lowest BCUT2D eigenvalue weighted by atomic mass is 9.95. The van der Waals surface area contributed by atoms with E-state index in [0.29, 0.717) is 24.3 Å². The monoisotopic (exact) mass is 456 g/mol. The second-order valence-electron chi connectivity index (χ2n) is 7.44. The summed E-state index contributed by atoms with van der Waals surface area (Å²) in [5.41, 5.74) is 8.27. The third-order valence-corrected chi connectivity index (χ3v) is 7.52. The number of sulfone groups is 1. The molecule has 0 aliphatic carbocycles. The standard InChI is InChI=1S/C14H24N4O9S2/c15-11(9-3-5-28(21,22)6-4-9)8-26-16-13(19)12-2-1-10-7-17(12)14(20)18(10)27-29(23,24)25/h9-12H,1-8,15H2,(H,16,19)(H,23,24,25)/t10-,11?,12+/m1/s1. The number of rotatable bonds is 7. The molecule has 0 spiro atoms. The summed E-state index contributed by atoms with van der Waals surface area (Å²) in [7, 11) is -7.85. The number of nitrogens with one attached hydrogen (secondary N) is 1. The second kappa shape index (κ2) is 8.31. The van der Waals surface area contributed by atoms with Crippen LogP contribution in [0.2, 0.25) is 0 Å². The van der Waals surface area contributed by atoms with Crippen molar-refractivity contribution in [3.8, 4) is 0 Å². The molecule has 3 saturated heterocycles. The molecule has 3 amide bonds. The van der Waals surface area contributed by atoms with Gasteiger partial charge in [-0.3, -0.25) is 14.2 Å². The van der Waals surface area contributed by atoms with Crippen LogP contribution in [0.3, 0.4) is 0 Å². The number of carbonyl (C=O) groups is 2. The van der Waals surface area contributed by atoms with Crippen molar-refractivity contribution in [2.45, 2.75) is 43.8 Å². The second-order valence-corrected chi connectivity index (χ2v) is 10.7. The topological polar surface area (TPSA) is 186 Å². The Morgan fingerprint density at radius 3 is 2.55 bits per heavy atom. The van der Waals surface area contributed by atoms with Gasteiger partial charge in [-0.25, -0.2) is 18.7 Å². The number of nitrogens with two attached hydrogens (primary N) is 1. The predicted octanol–water partition coefficient (Wildman–Crippen LogP) is -1.81. The first-order valence-electron chi connectivity index (χ1n) is 9.11. The summed E-state index contributed by atoms with van der Waals surface area (Å²) >= 11 is 0. The van der Waals surface area contributed by atoms with Gasteiger partial charge < -0.3 is 10.6 Å². The average Bonchev–Trinajstić information content (AvgIpc) is 2.85. The number of hydroxylamine groups is 3. The van der Waals surface area contributed by atoms with Crippen LogP contribution in [0, 0.1) is 5.92 Å². The number of hydrogen-bond acceptors (Lipinski definition) is 9. The molecule has 0 aromatic rings. The van der Waals surface area contributed by atoms with Gasteiger partial charge in [-0.1, -0.05) is 0 Å². The molecule has 3 rings (SSSR count). The largest absolute Gasteiger partial charge is 0.418 e. The Morgan fingerprint density at radius 1 is 1.28 bits per heavy atom. The summed E-state index contributed by atoms with van der Waals surface area (Å²) in [5.74, 6) is -0.457. The van der Waals surface area contributed by atoms with Gasteiger partial charge in [-0.2, -0.15) is 13.5 Å². The fourth-order valence-corrected chi connectivity index (χ4v) is 5.77. The van der Waals surface area contributed by atoms with Crippen LogP contribution in [0.4, 0.5) is 4.79 Å². The van der Waals surface area contributed by atoms with Crippen molar-refractivity contribution in [1.82, 2.24) is 15.4 Å². The van der Waals surface area contributed by atoms with Crippen LogP contribution in [0.1, 0.15) is 25.7 Å². The fraction of sp³-hybridized carbons (Fsp3) is 0.857. The Labute approximate surface area is 168 Å². The summed E-state index contributed by atoms with van der Waals surface area (Å²) < 4.78 is 57.8. The molecule has 3 atom stereocenters. The Morgan fingerprint density at radius 2 is 1.93 bits per heavy atom. The number of fused-ring (bicyclic) bond motifs is 2. The molecule has 0 saturated carbocycles. The highest BCUT2D eigenvalue weighted by Crippen LogP contribution is 2.30. The van der Waals surface area contributed by atoms with Gasteiger partial charge in [0, 0.05) is 12.6 Å². The molecule has 3 fully saturated rings. The van der Waals surface area contributed by atoms with E-state index in [1.165, 1.54) is 0 Å². The molecular formula is C14H24N4O9S2. The lowest BCUT2D eigenvalue weighted by Crippen LogP contribution is -2.50. The quantitative estimate of drug-likeness (QED) is 0.291. The smallest absolute Gasteiger partial charge is 0.325 e. The van der Waals surface area contributed by atoms with E-state index in [4.69, 9.17) is 15.1 Å². The van der Waals surface area contributed by atoms with Crippen LogP contribution in [0.5, 0.6) is 0 Å². The summed E-state index contributed by atoms with van der Waals surface area (Å²) in [5, 5.41) is 0.552. The molecule has 3 aliphatic heterocycles. The molecule has 2 bridgehead atoms. The Bertz CT molecular complexity index is 848. The van der Waals surface area contributed by atoms with E-state index in [2.05, 4.69) is 9.76 Å². The summed E-state index contributed by atoms with van der Waals surface area (Å²) in [6.07, 6.45) is 1.43.